The Morgan fingerprint density at radius 2 is 1.18 bits per heavy atom. The number of nitrogens with zero attached hydrogens (tertiary/aromatic N) is 1. The van der Waals surface area contributed by atoms with E-state index in [0.29, 0.717) is 18.4 Å². The van der Waals surface area contributed by atoms with Crippen LogP contribution in [-0.2, 0) is 5.41 Å². The van der Waals surface area contributed by atoms with E-state index in [1.807, 2.05) is 54.6 Å². The van der Waals surface area contributed by atoms with Crippen molar-refractivity contribution in [3.05, 3.63) is 114 Å². The topological polar surface area (TPSA) is 60.8 Å². The largest absolute Gasteiger partial charge is 0.396 e. The van der Waals surface area contributed by atoms with Gasteiger partial charge in [-0.1, -0.05) is 54.6 Å². The summed E-state index contributed by atoms with van der Waals surface area (Å²) in [6, 6.07) is 32.6. The van der Waals surface area contributed by atoms with Crippen molar-refractivity contribution in [3.8, 4) is 11.1 Å². The van der Waals surface area contributed by atoms with E-state index in [4.69, 9.17) is 0 Å². The summed E-state index contributed by atoms with van der Waals surface area (Å²) in [5.74, 6) is 0. The third-order valence-electron chi connectivity index (χ3n) is 6.87. The van der Waals surface area contributed by atoms with Gasteiger partial charge >= 0.3 is 0 Å². The van der Waals surface area contributed by atoms with Crippen LogP contribution in [0, 0.1) is 0 Å². The van der Waals surface area contributed by atoms with Gasteiger partial charge < -0.3 is 15.1 Å². The van der Waals surface area contributed by atoms with E-state index in [2.05, 4.69) is 47.4 Å². The molecule has 170 valence electrons. The molecule has 0 spiro atoms. The van der Waals surface area contributed by atoms with Gasteiger partial charge in [-0.25, -0.2) is 0 Å². The summed E-state index contributed by atoms with van der Waals surface area (Å²) in [5.41, 5.74) is 7.33. The SMILES string of the molecule is O=Cc1ccc2c(c1)C(CCO)(CCO)c1cc(N(c3ccccc3)c3ccccc3)ccc1-2. The predicted molar refractivity (Wildman–Crippen MR) is 136 cm³/mol. The molecule has 4 nitrogen and oxygen atoms in total. The molecule has 0 heterocycles. The van der Waals surface area contributed by atoms with Crippen LogP contribution in [0.4, 0.5) is 17.1 Å². The molecule has 0 fully saturated rings. The van der Waals surface area contributed by atoms with Gasteiger partial charge in [-0.2, -0.15) is 0 Å². The normalized spacial score (nSPS) is 13.2. The van der Waals surface area contributed by atoms with Gasteiger partial charge in [0, 0.05) is 41.3 Å². The first-order valence-corrected chi connectivity index (χ1v) is 11.6. The average Bonchev–Trinajstić information content (AvgIpc) is 3.14. The summed E-state index contributed by atoms with van der Waals surface area (Å²) in [7, 11) is 0. The highest BCUT2D eigenvalue weighted by Crippen LogP contribution is 2.54. The van der Waals surface area contributed by atoms with Gasteiger partial charge in [0.1, 0.15) is 6.29 Å². The summed E-state index contributed by atoms with van der Waals surface area (Å²) in [6.07, 6.45) is 1.79. The second kappa shape index (κ2) is 9.26. The first kappa shape index (κ1) is 22.1. The monoisotopic (exact) mass is 449 g/mol. The Balaban J connectivity index is 1.74. The molecule has 0 aromatic heterocycles. The Kier molecular flexibility index (Phi) is 6.01. The van der Waals surface area contributed by atoms with Crippen molar-refractivity contribution < 1.29 is 15.0 Å². The van der Waals surface area contributed by atoms with Gasteiger partial charge in [0.15, 0.2) is 0 Å². The van der Waals surface area contributed by atoms with E-state index in [0.717, 1.165) is 45.6 Å². The molecule has 0 aliphatic heterocycles. The number of hydrogen-bond acceptors (Lipinski definition) is 4. The van der Waals surface area contributed by atoms with Crippen molar-refractivity contribution in [2.75, 3.05) is 18.1 Å². The van der Waals surface area contributed by atoms with Crippen molar-refractivity contribution in [2.45, 2.75) is 18.3 Å². The molecule has 4 aromatic carbocycles. The first-order chi connectivity index (χ1) is 16.7. The van der Waals surface area contributed by atoms with Gasteiger partial charge in [0.25, 0.3) is 0 Å². The third kappa shape index (κ3) is 3.61. The number of anilines is 3. The molecule has 0 saturated heterocycles. The highest BCUT2D eigenvalue weighted by atomic mass is 16.3. The van der Waals surface area contributed by atoms with Crippen LogP contribution in [0.25, 0.3) is 11.1 Å². The highest BCUT2D eigenvalue weighted by Gasteiger charge is 2.43. The summed E-state index contributed by atoms with van der Waals surface area (Å²) >= 11 is 0. The Labute approximate surface area is 199 Å². The smallest absolute Gasteiger partial charge is 0.150 e. The standard InChI is InChI=1S/C30H27NO3/c32-17-15-30(16-18-33)28-19-22(21-34)11-13-26(28)27-14-12-25(20-29(27)30)31(23-7-3-1-4-8-23)24-9-5-2-6-10-24/h1-14,19-21,32-33H,15-18H2. The van der Waals surface area contributed by atoms with E-state index in [1.54, 1.807) is 0 Å². The first-order valence-electron chi connectivity index (χ1n) is 11.6. The van der Waals surface area contributed by atoms with Crippen molar-refractivity contribution in [3.63, 3.8) is 0 Å². The zero-order chi connectivity index (χ0) is 23.5. The van der Waals surface area contributed by atoms with Crippen molar-refractivity contribution in [1.29, 1.82) is 0 Å². The second-order valence-electron chi connectivity index (χ2n) is 8.69. The van der Waals surface area contributed by atoms with Crippen LogP contribution in [0.15, 0.2) is 97.1 Å². The van der Waals surface area contributed by atoms with Crippen molar-refractivity contribution in [2.24, 2.45) is 0 Å². The molecule has 0 saturated carbocycles. The van der Waals surface area contributed by atoms with E-state index in [1.165, 1.54) is 0 Å². The minimum atomic E-state index is -0.567. The van der Waals surface area contributed by atoms with Crippen LogP contribution in [0.5, 0.6) is 0 Å². The Bertz CT molecular complexity index is 1260. The number of aliphatic hydroxyl groups excluding tert-OH is 2. The minimum absolute atomic E-state index is 0.0183. The lowest BCUT2D eigenvalue weighted by atomic mass is 9.73. The van der Waals surface area contributed by atoms with E-state index >= 15 is 0 Å². The molecule has 34 heavy (non-hydrogen) atoms. The van der Waals surface area contributed by atoms with Crippen LogP contribution >= 0.6 is 0 Å². The fraction of sp³-hybridized carbons (Fsp3) is 0.167. The lowest BCUT2D eigenvalue weighted by Gasteiger charge is -2.33. The molecule has 0 atom stereocenters. The number of hydrogen-bond donors (Lipinski definition) is 2. The van der Waals surface area contributed by atoms with E-state index in [-0.39, 0.29) is 13.2 Å². The lowest BCUT2D eigenvalue weighted by Crippen LogP contribution is -2.28. The molecule has 0 bridgehead atoms. The number of carbonyl (C=O) groups excluding carboxylic acids is 1. The Morgan fingerprint density at radius 1 is 0.647 bits per heavy atom. The molecule has 4 aromatic rings. The number of benzene rings is 4. The number of fused-ring (bicyclic) bond motifs is 3. The Hall–Kier alpha value is -3.73. The quantitative estimate of drug-likeness (QED) is 0.324. The Morgan fingerprint density at radius 3 is 1.71 bits per heavy atom. The molecular weight excluding hydrogens is 422 g/mol. The molecule has 0 unspecified atom stereocenters. The fourth-order valence-electron chi connectivity index (χ4n) is 5.36. The van der Waals surface area contributed by atoms with Gasteiger partial charge in [-0.3, -0.25) is 4.79 Å². The van der Waals surface area contributed by atoms with Crippen molar-refractivity contribution in [1.82, 2.24) is 0 Å². The second-order valence-corrected chi connectivity index (χ2v) is 8.69. The van der Waals surface area contributed by atoms with Crippen LogP contribution in [0.2, 0.25) is 0 Å². The van der Waals surface area contributed by atoms with Gasteiger partial charge in [0.2, 0.25) is 0 Å². The molecule has 1 aliphatic rings. The average molecular weight is 450 g/mol. The van der Waals surface area contributed by atoms with Crippen LogP contribution in [-0.4, -0.2) is 29.7 Å². The summed E-state index contributed by atoms with van der Waals surface area (Å²) < 4.78 is 0. The number of para-hydroxylation sites is 2. The number of aliphatic hydroxyl groups is 2. The summed E-state index contributed by atoms with van der Waals surface area (Å²) in [4.78, 5) is 13.8. The number of rotatable bonds is 8. The van der Waals surface area contributed by atoms with Crippen LogP contribution < -0.4 is 4.90 Å². The molecule has 0 amide bonds. The molecular formula is C30H27NO3. The maximum atomic E-state index is 11.6. The number of carbonyl (C=O) groups is 1. The molecule has 0 radical (unpaired) electrons. The van der Waals surface area contributed by atoms with Gasteiger partial charge in [0.05, 0.1) is 0 Å². The van der Waals surface area contributed by atoms with E-state index < -0.39 is 5.41 Å². The predicted octanol–water partition coefficient (Wildman–Crippen LogP) is 6.00. The van der Waals surface area contributed by atoms with E-state index in [9.17, 15) is 15.0 Å². The van der Waals surface area contributed by atoms with Crippen LogP contribution in [0.3, 0.4) is 0 Å². The maximum Gasteiger partial charge on any atom is 0.150 e. The summed E-state index contributed by atoms with van der Waals surface area (Å²) in [6.45, 7) is -0.0367. The maximum absolute atomic E-state index is 11.6. The van der Waals surface area contributed by atoms with Gasteiger partial charge in [-0.15, -0.1) is 0 Å². The molecule has 5 rings (SSSR count). The van der Waals surface area contributed by atoms with Crippen LogP contribution in [0.1, 0.15) is 34.3 Å². The van der Waals surface area contributed by atoms with Crippen molar-refractivity contribution >= 4 is 23.3 Å². The molecule has 2 N–H and O–H groups in total. The lowest BCUT2D eigenvalue weighted by molar-refractivity contribution is 0.112. The summed E-state index contributed by atoms with van der Waals surface area (Å²) in [5, 5.41) is 20.1. The molecule has 4 heteroatoms. The highest BCUT2D eigenvalue weighted by molar-refractivity contribution is 5.88. The van der Waals surface area contributed by atoms with Gasteiger partial charge in [-0.05, 0) is 77.6 Å². The fourth-order valence-corrected chi connectivity index (χ4v) is 5.36. The zero-order valence-corrected chi connectivity index (χ0v) is 18.9. The minimum Gasteiger partial charge on any atom is -0.396 e. The number of aldehydes is 1. The molecule has 1 aliphatic carbocycles. The zero-order valence-electron chi connectivity index (χ0n) is 18.9. The third-order valence-corrected chi connectivity index (χ3v) is 6.87.